The van der Waals surface area contributed by atoms with Crippen LogP contribution in [0.5, 0.6) is 0 Å². The van der Waals surface area contributed by atoms with Crippen LogP contribution in [0.3, 0.4) is 0 Å². The van der Waals surface area contributed by atoms with Crippen molar-refractivity contribution in [2.75, 3.05) is 28.2 Å². The first-order valence-corrected chi connectivity index (χ1v) is 9.25. The number of aromatic nitrogens is 2. The van der Waals surface area contributed by atoms with E-state index in [0.717, 1.165) is 29.7 Å². The van der Waals surface area contributed by atoms with Crippen LogP contribution in [0.1, 0.15) is 26.3 Å². The molecule has 1 aromatic heterocycles. The highest BCUT2D eigenvalue weighted by atomic mass is 32.2. The lowest BCUT2D eigenvalue weighted by atomic mass is 10.2. The van der Waals surface area contributed by atoms with E-state index in [2.05, 4.69) is 41.0 Å². The van der Waals surface area contributed by atoms with Gasteiger partial charge < -0.3 is 16.0 Å². The van der Waals surface area contributed by atoms with Crippen molar-refractivity contribution in [1.82, 2.24) is 9.97 Å². The van der Waals surface area contributed by atoms with E-state index in [-0.39, 0.29) is 23.0 Å². The molecule has 0 aliphatic heterocycles. The number of hydrogen-bond donors (Lipinski definition) is 2. The number of nitrogens with zero attached hydrogens (tertiary/aromatic N) is 4. The molecule has 0 radical (unpaired) electrons. The van der Waals surface area contributed by atoms with Crippen LogP contribution in [0, 0.1) is 11.3 Å². The predicted octanol–water partition coefficient (Wildman–Crippen LogP) is 2.90. The predicted molar refractivity (Wildman–Crippen MR) is 105 cm³/mol. The zero-order chi connectivity index (χ0) is 19.1. The van der Waals surface area contributed by atoms with Gasteiger partial charge in [-0.3, -0.25) is 4.79 Å². The smallest absolute Gasteiger partial charge is 0.234 e. The summed E-state index contributed by atoms with van der Waals surface area (Å²) in [6.07, 6.45) is 1.36. The largest absolute Gasteiger partial charge is 0.382 e. The van der Waals surface area contributed by atoms with Gasteiger partial charge in [-0.2, -0.15) is 5.26 Å². The summed E-state index contributed by atoms with van der Waals surface area (Å²) in [5.74, 6) is 0.109. The number of nitrogen functional groups attached to an aromatic ring is 1. The molecule has 1 aromatic carbocycles. The lowest BCUT2D eigenvalue weighted by molar-refractivity contribution is -0.113. The normalized spacial score (nSPS) is 10.4. The molecule has 7 nitrogen and oxygen atoms in total. The Kier molecular flexibility index (Phi) is 6.81. The molecule has 1 amide bonds. The van der Waals surface area contributed by atoms with E-state index in [1.165, 1.54) is 6.20 Å². The summed E-state index contributed by atoms with van der Waals surface area (Å²) in [7, 11) is 0. The van der Waals surface area contributed by atoms with E-state index in [1.54, 1.807) is 0 Å². The number of amides is 1. The molecule has 2 aromatic rings. The van der Waals surface area contributed by atoms with Gasteiger partial charge in [-0.15, -0.1) is 0 Å². The summed E-state index contributed by atoms with van der Waals surface area (Å²) in [6.45, 7) is 7.33. The van der Waals surface area contributed by atoms with Crippen molar-refractivity contribution < 1.29 is 4.79 Å². The molecule has 0 aliphatic carbocycles. The standard InChI is InChI=1S/C18H22N6OS/c1-4-24(12(2)3)15-7-5-14(6-8-15)22-16(25)11-26-18-21-10-13(9-19)17(20)23-18/h5-8,10,12H,4,11H2,1-3H3,(H,22,25)(H2,20,21,23). The van der Waals surface area contributed by atoms with E-state index in [9.17, 15) is 4.79 Å². The minimum absolute atomic E-state index is 0.117. The summed E-state index contributed by atoms with van der Waals surface area (Å²) in [4.78, 5) is 22.4. The second kappa shape index (κ2) is 9.06. The van der Waals surface area contributed by atoms with E-state index >= 15 is 0 Å². The van der Waals surface area contributed by atoms with Gasteiger partial charge in [0.2, 0.25) is 5.91 Å². The lowest BCUT2D eigenvalue weighted by Gasteiger charge is -2.27. The highest BCUT2D eigenvalue weighted by Gasteiger charge is 2.10. The quantitative estimate of drug-likeness (QED) is 0.570. The van der Waals surface area contributed by atoms with Crippen LogP contribution in [0.25, 0.3) is 0 Å². The van der Waals surface area contributed by atoms with Crippen LogP contribution in [0.2, 0.25) is 0 Å². The monoisotopic (exact) mass is 370 g/mol. The van der Waals surface area contributed by atoms with E-state index in [4.69, 9.17) is 11.0 Å². The summed E-state index contributed by atoms with van der Waals surface area (Å²) in [5.41, 5.74) is 7.72. The van der Waals surface area contributed by atoms with Gasteiger partial charge >= 0.3 is 0 Å². The second-order valence-electron chi connectivity index (χ2n) is 5.83. The third-order valence-electron chi connectivity index (χ3n) is 3.70. The number of carbonyl (C=O) groups excluding carboxylic acids is 1. The van der Waals surface area contributed by atoms with Crippen LogP contribution in [0.15, 0.2) is 35.6 Å². The first kappa shape index (κ1) is 19.5. The van der Waals surface area contributed by atoms with Gasteiger partial charge in [-0.25, -0.2) is 9.97 Å². The van der Waals surface area contributed by atoms with Crippen LogP contribution in [-0.2, 0) is 4.79 Å². The van der Waals surface area contributed by atoms with Crippen molar-refractivity contribution in [3.63, 3.8) is 0 Å². The molecule has 2 rings (SSSR count). The molecule has 0 saturated heterocycles. The average Bonchev–Trinajstić information content (AvgIpc) is 2.62. The van der Waals surface area contributed by atoms with Gasteiger partial charge in [0, 0.05) is 24.0 Å². The van der Waals surface area contributed by atoms with Crippen LogP contribution in [0.4, 0.5) is 17.2 Å². The second-order valence-corrected chi connectivity index (χ2v) is 6.77. The fraction of sp³-hybridized carbons (Fsp3) is 0.333. The molecule has 0 aliphatic rings. The van der Waals surface area contributed by atoms with Crippen molar-refractivity contribution >= 4 is 34.9 Å². The fourth-order valence-electron chi connectivity index (χ4n) is 2.44. The summed E-state index contributed by atoms with van der Waals surface area (Å²) in [6, 6.07) is 10.1. The number of hydrogen-bond acceptors (Lipinski definition) is 7. The molecular formula is C18H22N6OS. The SMILES string of the molecule is CCN(c1ccc(NC(=O)CSc2ncc(C#N)c(N)n2)cc1)C(C)C. The van der Waals surface area contributed by atoms with Gasteiger partial charge in [-0.05, 0) is 45.0 Å². The van der Waals surface area contributed by atoms with Gasteiger partial charge in [0.1, 0.15) is 17.5 Å². The molecule has 0 spiro atoms. The molecule has 0 bridgehead atoms. The van der Waals surface area contributed by atoms with Gasteiger partial charge in [-0.1, -0.05) is 11.8 Å². The molecule has 0 unspecified atom stereocenters. The maximum absolute atomic E-state index is 12.1. The third-order valence-corrected chi connectivity index (χ3v) is 4.56. The van der Waals surface area contributed by atoms with Gasteiger partial charge in [0.15, 0.2) is 5.16 Å². The molecule has 0 atom stereocenters. The highest BCUT2D eigenvalue weighted by Crippen LogP contribution is 2.21. The molecule has 26 heavy (non-hydrogen) atoms. The zero-order valence-corrected chi connectivity index (χ0v) is 15.9. The average molecular weight is 370 g/mol. The topological polar surface area (TPSA) is 108 Å². The first-order chi connectivity index (χ1) is 12.4. The maximum Gasteiger partial charge on any atom is 0.234 e. The number of nitriles is 1. The van der Waals surface area contributed by atoms with Gasteiger partial charge in [0.25, 0.3) is 0 Å². The number of nitrogens with two attached hydrogens (primary N) is 1. The number of thioether (sulfide) groups is 1. The Hall–Kier alpha value is -2.79. The molecule has 0 fully saturated rings. The van der Waals surface area contributed by atoms with Crippen molar-refractivity contribution in [2.45, 2.75) is 32.0 Å². The highest BCUT2D eigenvalue weighted by molar-refractivity contribution is 7.99. The Morgan fingerprint density at radius 2 is 2.08 bits per heavy atom. The minimum Gasteiger partial charge on any atom is -0.382 e. The lowest BCUT2D eigenvalue weighted by Crippen LogP contribution is -2.30. The summed E-state index contributed by atoms with van der Waals surface area (Å²) < 4.78 is 0. The van der Waals surface area contributed by atoms with E-state index in [0.29, 0.717) is 11.2 Å². The first-order valence-electron chi connectivity index (χ1n) is 8.26. The number of benzene rings is 1. The van der Waals surface area contributed by atoms with Gasteiger partial charge in [0.05, 0.1) is 11.9 Å². The Bertz CT molecular complexity index is 800. The number of rotatable bonds is 7. The Balaban J connectivity index is 1.91. The minimum atomic E-state index is -0.162. The van der Waals surface area contributed by atoms with Crippen molar-refractivity contribution in [1.29, 1.82) is 5.26 Å². The third kappa shape index (κ3) is 5.10. The molecular weight excluding hydrogens is 348 g/mol. The van der Waals surface area contributed by atoms with E-state index < -0.39 is 0 Å². The molecule has 1 heterocycles. The van der Waals surface area contributed by atoms with Crippen molar-refractivity contribution in [3.05, 3.63) is 36.0 Å². The Morgan fingerprint density at radius 3 is 2.62 bits per heavy atom. The number of anilines is 3. The van der Waals surface area contributed by atoms with Crippen molar-refractivity contribution in [2.24, 2.45) is 0 Å². The van der Waals surface area contributed by atoms with E-state index in [1.807, 2.05) is 30.3 Å². The van der Waals surface area contributed by atoms with Crippen molar-refractivity contribution in [3.8, 4) is 6.07 Å². The maximum atomic E-state index is 12.1. The van der Waals surface area contributed by atoms with Crippen LogP contribution in [-0.4, -0.2) is 34.2 Å². The molecule has 136 valence electrons. The Labute approximate surface area is 157 Å². The molecule has 0 saturated carbocycles. The Morgan fingerprint density at radius 1 is 1.38 bits per heavy atom. The number of carbonyl (C=O) groups is 1. The number of nitrogens with one attached hydrogen (secondary N) is 1. The zero-order valence-electron chi connectivity index (χ0n) is 15.1. The van der Waals surface area contributed by atoms with Crippen LogP contribution >= 0.6 is 11.8 Å². The van der Waals surface area contributed by atoms with Crippen LogP contribution < -0.4 is 16.0 Å². The molecule has 8 heteroatoms. The summed E-state index contributed by atoms with van der Waals surface area (Å²) in [5, 5.41) is 12.0. The fourth-order valence-corrected chi connectivity index (χ4v) is 3.07. The summed E-state index contributed by atoms with van der Waals surface area (Å²) >= 11 is 1.16. The molecule has 3 N–H and O–H groups in total.